The number of hydrogen-bond acceptors (Lipinski definition) is 4. The van der Waals surface area contributed by atoms with Crippen LogP contribution in [0.25, 0.3) is 11.1 Å². The van der Waals surface area contributed by atoms with Crippen molar-refractivity contribution in [2.75, 3.05) is 7.11 Å². The number of carbonyl (C=O) groups is 3. The van der Waals surface area contributed by atoms with Crippen LogP contribution in [0.3, 0.4) is 0 Å². The van der Waals surface area contributed by atoms with Crippen molar-refractivity contribution in [1.29, 1.82) is 0 Å². The van der Waals surface area contributed by atoms with Gasteiger partial charge in [-0.2, -0.15) is 13.2 Å². The first-order valence-electron chi connectivity index (χ1n) is 9.01. The fourth-order valence-electron chi connectivity index (χ4n) is 2.71. The number of methoxy groups -OCH3 is 1. The van der Waals surface area contributed by atoms with Gasteiger partial charge in [-0.1, -0.05) is 42.5 Å². The zero-order chi connectivity index (χ0) is 22.3. The van der Waals surface area contributed by atoms with Crippen molar-refractivity contribution in [3.63, 3.8) is 0 Å². The van der Waals surface area contributed by atoms with Crippen molar-refractivity contribution >= 4 is 17.8 Å². The molecule has 30 heavy (non-hydrogen) atoms. The Hall–Kier alpha value is -3.36. The van der Waals surface area contributed by atoms with Crippen LogP contribution in [0.2, 0.25) is 0 Å². The molecule has 2 aromatic carbocycles. The minimum absolute atomic E-state index is 0.122. The number of rotatable bonds is 7. The molecule has 0 bridgehead atoms. The molecule has 1 atom stereocenters. The van der Waals surface area contributed by atoms with E-state index in [0.29, 0.717) is 11.1 Å². The van der Waals surface area contributed by atoms with E-state index in [9.17, 15) is 27.6 Å². The molecule has 0 heterocycles. The smallest absolute Gasteiger partial charge is 0.397 e. The van der Waals surface area contributed by atoms with Crippen LogP contribution in [0.15, 0.2) is 48.5 Å². The molecule has 0 aliphatic carbocycles. The summed E-state index contributed by atoms with van der Waals surface area (Å²) in [5.41, 5.74) is 2.63. The molecule has 0 radical (unpaired) electrons. The van der Waals surface area contributed by atoms with Crippen LogP contribution in [0.4, 0.5) is 13.2 Å². The van der Waals surface area contributed by atoms with E-state index >= 15 is 0 Å². The lowest BCUT2D eigenvalue weighted by Crippen LogP contribution is -2.45. The molecule has 0 aliphatic rings. The fraction of sp³-hybridized carbons (Fsp3) is 0.286. The van der Waals surface area contributed by atoms with Crippen LogP contribution in [0.1, 0.15) is 29.3 Å². The van der Waals surface area contributed by atoms with Crippen molar-refractivity contribution in [3.8, 4) is 11.1 Å². The van der Waals surface area contributed by atoms with Crippen molar-refractivity contribution in [3.05, 3.63) is 59.7 Å². The van der Waals surface area contributed by atoms with Gasteiger partial charge in [0.25, 0.3) is 0 Å². The second-order valence-electron chi connectivity index (χ2n) is 6.53. The van der Waals surface area contributed by atoms with E-state index in [4.69, 9.17) is 4.74 Å². The Morgan fingerprint density at radius 2 is 1.67 bits per heavy atom. The van der Waals surface area contributed by atoms with E-state index in [-0.39, 0.29) is 6.54 Å². The summed E-state index contributed by atoms with van der Waals surface area (Å²) in [5, 5.41) is 4.57. The Kier molecular flexibility index (Phi) is 7.57. The van der Waals surface area contributed by atoms with Gasteiger partial charge in [0.2, 0.25) is 11.8 Å². The van der Waals surface area contributed by atoms with Crippen LogP contribution < -0.4 is 10.6 Å². The highest BCUT2D eigenvalue weighted by Crippen LogP contribution is 2.24. The Morgan fingerprint density at radius 3 is 2.27 bits per heavy atom. The number of alkyl halides is 3. The quantitative estimate of drug-likeness (QED) is 0.671. The van der Waals surface area contributed by atoms with E-state index in [1.54, 1.807) is 48.5 Å². The van der Waals surface area contributed by atoms with Gasteiger partial charge in [0.15, 0.2) is 0 Å². The summed E-state index contributed by atoms with van der Waals surface area (Å²) in [4.78, 5) is 35.2. The van der Waals surface area contributed by atoms with E-state index in [1.807, 2.05) is 5.32 Å². The van der Waals surface area contributed by atoms with Crippen molar-refractivity contribution in [2.45, 2.75) is 32.1 Å². The van der Waals surface area contributed by atoms with Gasteiger partial charge in [0.05, 0.1) is 12.7 Å². The van der Waals surface area contributed by atoms with Crippen molar-refractivity contribution in [2.24, 2.45) is 0 Å². The Balaban J connectivity index is 1.96. The largest absolute Gasteiger partial charge is 0.465 e. The molecule has 2 amide bonds. The third-order valence-electron chi connectivity index (χ3n) is 4.20. The minimum atomic E-state index is -4.63. The molecule has 0 fully saturated rings. The number of hydrogen-bond donors (Lipinski definition) is 2. The number of amides is 2. The maximum Gasteiger partial charge on any atom is 0.397 e. The van der Waals surface area contributed by atoms with E-state index in [2.05, 4.69) is 5.32 Å². The van der Waals surface area contributed by atoms with E-state index < -0.39 is 36.4 Å². The molecule has 0 unspecified atom stereocenters. The van der Waals surface area contributed by atoms with Crippen LogP contribution in [0, 0.1) is 0 Å². The highest BCUT2D eigenvalue weighted by atomic mass is 19.4. The summed E-state index contributed by atoms with van der Waals surface area (Å²) >= 11 is 0. The van der Waals surface area contributed by atoms with Gasteiger partial charge >= 0.3 is 12.1 Å². The molecule has 2 rings (SSSR count). The third-order valence-corrected chi connectivity index (χ3v) is 4.20. The molecule has 160 valence electrons. The molecule has 0 saturated carbocycles. The van der Waals surface area contributed by atoms with Crippen LogP contribution >= 0.6 is 0 Å². The topological polar surface area (TPSA) is 84.5 Å². The molecule has 2 aromatic rings. The molecule has 0 saturated heterocycles. The average Bonchev–Trinajstić information content (AvgIpc) is 2.70. The fourth-order valence-corrected chi connectivity index (χ4v) is 2.71. The first-order valence-corrected chi connectivity index (χ1v) is 9.01. The minimum Gasteiger partial charge on any atom is -0.465 e. The van der Waals surface area contributed by atoms with Gasteiger partial charge in [0, 0.05) is 6.54 Å². The lowest BCUT2D eigenvalue weighted by atomic mass is 9.98. The van der Waals surface area contributed by atoms with Gasteiger partial charge in [-0.05, 0) is 29.7 Å². The van der Waals surface area contributed by atoms with Crippen LogP contribution in [-0.4, -0.2) is 37.1 Å². The van der Waals surface area contributed by atoms with Crippen LogP contribution in [0.5, 0.6) is 0 Å². The van der Waals surface area contributed by atoms with Gasteiger partial charge in [-0.25, -0.2) is 4.79 Å². The Morgan fingerprint density at radius 1 is 1.03 bits per heavy atom. The predicted octanol–water partition coefficient (Wildman–Crippen LogP) is 3.21. The second-order valence-corrected chi connectivity index (χ2v) is 6.53. The third kappa shape index (κ3) is 6.61. The highest BCUT2D eigenvalue weighted by molar-refractivity contribution is 5.97. The summed E-state index contributed by atoms with van der Waals surface area (Å²) < 4.78 is 41.3. The highest BCUT2D eigenvalue weighted by Gasteiger charge is 2.32. The van der Waals surface area contributed by atoms with Crippen molar-refractivity contribution in [1.82, 2.24) is 10.6 Å². The molecule has 0 aliphatic heterocycles. The number of halogens is 3. The maximum absolute atomic E-state index is 12.2. The van der Waals surface area contributed by atoms with Crippen LogP contribution in [-0.2, 0) is 20.9 Å². The Bertz CT molecular complexity index is 911. The van der Waals surface area contributed by atoms with Gasteiger partial charge in [0.1, 0.15) is 12.5 Å². The van der Waals surface area contributed by atoms with E-state index in [1.165, 1.54) is 14.0 Å². The molecule has 6 nitrogen and oxygen atoms in total. The summed E-state index contributed by atoms with van der Waals surface area (Å²) in [5.74, 6) is -2.33. The summed E-state index contributed by atoms with van der Waals surface area (Å²) in [6.45, 7) is 1.42. The second kappa shape index (κ2) is 9.91. The number of benzene rings is 2. The predicted molar refractivity (Wildman–Crippen MR) is 103 cm³/mol. The monoisotopic (exact) mass is 422 g/mol. The van der Waals surface area contributed by atoms with Gasteiger partial charge in [-0.15, -0.1) is 0 Å². The zero-order valence-corrected chi connectivity index (χ0v) is 16.4. The SMILES string of the molecule is COC(=O)c1ccccc1-c1ccc(CNC(=O)[C@@H](C)NC(=O)CC(F)(F)F)cc1. The number of ether oxygens (including phenoxy) is 1. The number of nitrogens with one attached hydrogen (secondary N) is 2. The van der Waals surface area contributed by atoms with Crippen molar-refractivity contribution < 1.29 is 32.3 Å². The zero-order valence-electron chi connectivity index (χ0n) is 16.4. The molecular formula is C21H21F3N2O4. The normalized spacial score (nSPS) is 12.0. The molecular weight excluding hydrogens is 401 g/mol. The first-order chi connectivity index (χ1) is 14.1. The molecule has 2 N–H and O–H groups in total. The van der Waals surface area contributed by atoms with Gasteiger partial charge < -0.3 is 15.4 Å². The summed E-state index contributed by atoms with van der Waals surface area (Å²) in [7, 11) is 1.30. The summed E-state index contributed by atoms with van der Waals surface area (Å²) in [6, 6.07) is 12.9. The standard InChI is InChI=1S/C21H21F3N2O4/c1-13(26-18(27)11-21(22,23)24)19(28)25-12-14-7-9-15(10-8-14)16-5-3-4-6-17(16)20(29)30-2/h3-10,13H,11-12H2,1-2H3,(H,25,28)(H,26,27)/t13-/m1/s1. The lowest BCUT2D eigenvalue weighted by molar-refractivity contribution is -0.155. The number of carbonyl (C=O) groups excluding carboxylic acids is 3. The van der Waals surface area contributed by atoms with E-state index in [0.717, 1.165) is 11.1 Å². The molecule has 0 aromatic heterocycles. The maximum atomic E-state index is 12.2. The lowest BCUT2D eigenvalue weighted by Gasteiger charge is -2.15. The summed E-state index contributed by atoms with van der Waals surface area (Å²) in [6.07, 6.45) is -6.27. The number of esters is 1. The molecule has 0 spiro atoms. The average molecular weight is 422 g/mol. The Labute approximate surface area is 171 Å². The first kappa shape index (κ1) is 22.9. The molecule has 9 heteroatoms. The van der Waals surface area contributed by atoms with Gasteiger partial charge in [-0.3, -0.25) is 9.59 Å².